The van der Waals surface area contributed by atoms with Crippen LogP contribution in [0, 0.1) is 0 Å². The van der Waals surface area contributed by atoms with Gasteiger partial charge in [-0.3, -0.25) is 14.2 Å². The molecule has 1 amide bonds. The van der Waals surface area contributed by atoms with E-state index in [9.17, 15) is 14.4 Å². The Morgan fingerprint density at radius 3 is 2.71 bits per heavy atom. The Kier molecular flexibility index (Phi) is 4.18. The van der Waals surface area contributed by atoms with Gasteiger partial charge in [-0.25, -0.2) is 9.78 Å². The average Bonchev–Trinajstić information content (AvgIpc) is 2.95. The van der Waals surface area contributed by atoms with Crippen LogP contribution < -0.4 is 16.6 Å². The first-order valence-electron chi connectivity index (χ1n) is 6.06. The largest absolute Gasteiger partial charge is 0.354 e. The third kappa shape index (κ3) is 3.00. The number of hydrogen-bond donors (Lipinski definition) is 1. The van der Waals surface area contributed by atoms with Crippen LogP contribution in [0.15, 0.2) is 22.0 Å². The van der Waals surface area contributed by atoms with Gasteiger partial charge >= 0.3 is 5.69 Å². The summed E-state index contributed by atoms with van der Waals surface area (Å²) in [5.41, 5.74) is -0.387. The third-order valence-corrected chi connectivity index (χ3v) is 3.81. The summed E-state index contributed by atoms with van der Waals surface area (Å²) in [6, 6.07) is 0. The second-order valence-corrected chi connectivity index (χ2v) is 5.38. The molecule has 0 aliphatic carbocycles. The van der Waals surface area contributed by atoms with Crippen molar-refractivity contribution in [3.05, 3.63) is 48.7 Å². The van der Waals surface area contributed by atoms with E-state index in [1.807, 2.05) is 0 Å². The molecule has 0 aliphatic rings. The van der Waals surface area contributed by atoms with Crippen LogP contribution in [0.25, 0.3) is 12.2 Å². The molecule has 2 aromatic heterocycles. The third-order valence-electron chi connectivity index (χ3n) is 2.85. The maximum atomic E-state index is 11.9. The van der Waals surface area contributed by atoms with Gasteiger partial charge in [0.15, 0.2) is 0 Å². The molecule has 0 saturated heterocycles. The molecule has 110 valence electrons. The molecule has 0 saturated carbocycles. The van der Waals surface area contributed by atoms with Crippen LogP contribution in [0.4, 0.5) is 0 Å². The molecule has 2 aromatic rings. The number of nitrogens with one attached hydrogen (secondary N) is 1. The zero-order valence-electron chi connectivity index (χ0n) is 11.8. The fourth-order valence-corrected chi connectivity index (χ4v) is 2.47. The van der Waals surface area contributed by atoms with E-state index in [1.54, 1.807) is 26.2 Å². The van der Waals surface area contributed by atoms with Gasteiger partial charge in [0, 0.05) is 27.3 Å². The summed E-state index contributed by atoms with van der Waals surface area (Å²) in [4.78, 5) is 39.5. The smallest absolute Gasteiger partial charge is 0.330 e. The van der Waals surface area contributed by atoms with Gasteiger partial charge in [0.1, 0.15) is 9.88 Å². The van der Waals surface area contributed by atoms with Crippen molar-refractivity contribution in [1.29, 1.82) is 0 Å². The topological polar surface area (TPSA) is 86.0 Å². The Morgan fingerprint density at radius 1 is 1.33 bits per heavy atom. The van der Waals surface area contributed by atoms with Crippen LogP contribution in [-0.2, 0) is 14.1 Å². The molecule has 1 N–H and O–H groups in total. The molecular weight excluding hydrogens is 292 g/mol. The lowest BCUT2D eigenvalue weighted by Crippen LogP contribution is -2.37. The average molecular weight is 306 g/mol. The van der Waals surface area contributed by atoms with E-state index in [1.165, 1.54) is 35.3 Å². The van der Waals surface area contributed by atoms with Crippen LogP contribution in [-0.4, -0.2) is 27.1 Å². The molecule has 0 aliphatic heterocycles. The normalized spacial score (nSPS) is 11.0. The Morgan fingerprint density at radius 2 is 2.05 bits per heavy atom. The minimum absolute atomic E-state index is 0.204. The minimum atomic E-state index is -0.381. The van der Waals surface area contributed by atoms with Crippen molar-refractivity contribution in [3.63, 3.8) is 0 Å². The zero-order valence-corrected chi connectivity index (χ0v) is 12.6. The van der Waals surface area contributed by atoms with E-state index < -0.39 is 0 Å². The van der Waals surface area contributed by atoms with Crippen LogP contribution >= 0.6 is 11.3 Å². The second kappa shape index (κ2) is 5.88. The summed E-state index contributed by atoms with van der Waals surface area (Å²) < 4.78 is 2.37. The van der Waals surface area contributed by atoms with Crippen molar-refractivity contribution in [2.45, 2.75) is 0 Å². The summed E-state index contributed by atoms with van der Waals surface area (Å²) >= 11 is 1.21. The lowest BCUT2D eigenvalue weighted by molar-refractivity contribution is 0.0967. The highest BCUT2D eigenvalue weighted by Gasteiger charge is 2.07. The first-order chi connectivity index (χ1) is 9.93. The van der Waals surface area contributed by atoms with E-state index in [0.717, 1.165) is 4.57 Å². The number of thiazole rings is 1. The van der Waals surface area contributed by atoms with Crippen LogP contribution in [0.5, 0.6) is 0 Å². The first-order valence-corrected chi connectivity index (χ1v) is 6.88. The highest BCUT2D eigenvalue weighted by atomic mass is 32.1. The molecule has 0 spiro atoms. The molecule has 0 radical (unpaired) electrons. The molecular formula is C13H14N4O3S. The van der Waals surface area contributed by atoms with Gasteiger partial charge in [-0.15, -0.1) is 11.3 Å². The molecule has 0 atom stereocenters. The SMILES string of the molecule is CNC(=O)c1cnc(C=Cc2cn(C)c(=O)n(C)c2=O)s1. The summed E-state index contributed by atoms with van der Waals surface area (Å²) in [5.74, 6) is -0.204. The monoisotopic (exact) mass is 306 g/mol. The number of rotatable bonds is 3. The van der Waals surface area contributed by atoms with Crippen molar-refractivity contribution in [2.75, 3.05) is 7.05 Å². The van der Waals surface area contributed by atoms with Crippen molar-refractivity contribution in [2.24, 2.45) is 14.1 Å². The fourth-order valence-electron chi connectivity index (χ4n) is 1.70. The molecule has 8 heteroatoms. The minimum Gasteiger partial charge on any atom is -0.354 e. The zero-order chi connectivity index (χ0) is 15.6. The Hall–Kier alpha value is -2.48. The molecule has 2 rings (SSSR count). The van der Waals surface area contributed by atoms with E-state index >= 15 is 0 Å². The Labute approximate surface area is 124 Å². The van der Waals surface area contributed by atoms with Gasteiger partial charge in [0.25, 0.3) is 11.5 Å². The van der Waals surface area contributed by atoms with Crippen molar-refractivity contribution >= 4 is 29.4 Å². The van der Waals surface area contributed by atoms with Gasteiger partial charge in [-0.1, -0.05) is 0 Å². The number of carbonyl (C=O) groups excluding carboxylic acids is 1. The number of carbonyl (C=O) groups is 1. The number of nitrogens with zero attached hydrogens (tertiary/aromatic N) is 3. The standard InChI is InChI=1S/C13H14N4O3S/c1-14-11(18)9-6-15-10(21-9)5-4-8-7-16(2)13(20)17(3)12(8)19/h4-7H,1-3H3,(H,14,18). The second-order valence-electron chi connectivity index (χ2n) is 4.32. The van der Waals surface area contributed by atoms with Gasteiger partial charge in [-0.05, 0) is 12.2 Å². The summed E-state index contributed by atoms with van der Waals surface area (Å²) in [6.45, 7) is 0. The number of aromatic nitrogens is 3. The number of aryl methyl sites for hydroxylation is 1. The maximum absolute atomic E-state index is 11.9. The maximum Gasteiger partial charge on any atom is 0.330 e. The molecule has 7 nitrogen and oxygen atoms in total. The molecule has 2 heterocycles. The van der Waals surface area contributed by atoms with Crippen molar-refractivity contribution < 1.29 is 4.79 Å². The molecule has 0 unspecified atom stereocenters. The highest BCUT2D eigenvalue weighted by Crippen LogP contribution is 2.15. The number of amides is 1. The molecule has 0 bridgehead atoms. The Balaban J connectivity index is 2.34. The Bertz CT molecular complexity index is 829. The highest BCUT2D eigenvalue weighted by molar-refractivity contribution is 7.14. The van der Waals surface area contributed by atoms with Crippen molar-refractivity contribution in [1.82, 2.24) is 19.4 Å². The quantitative estimate of drug-likeness (QED) is 0.869. The fraction of sp³-hybridized carbons (Fsp3) is 0.231. The lowest BCUT2D eigenvalue weighted by atomic mass is 10.3. The van der Waals surface area contributed by atoms with Gasteiger partial charge in [0.05, 0.1) is 11.8 Å². The van der Waals surface area contributed by atoms with Gasteiger partial charge in [0.2, 0.25) is 0 Å². The predicted octanol–water partition coefficient (Wildman–Crippen LogP) is 0.0705. The van der Waals surface area contributed by atoms with Gasteiger partial charge < -0.3 is 9.88 Å². The van der Waals surface area contributed by atoms with Crippen molar-refractivity contribution in [3.8, 4) is 0 Å². The summed E-state index contributed by atoms with van der Waals surface area (Å²) in [7, 11) is 4.55. The summed E-state index contributed by atoms with van der Waals surface area (Å²) in [6.07, 6.45) is 6.16. The van der Waals surface area contributed by atoms with Crippen LogP contribution in [0.1, 0.15) is 20.2 Å². The van der Waals surface area contributed by atoms with E-state index in [0.29, 0.717) is 15.4 Å². The van der Waals surface area contributed by atoms with Gasteiger partial charge in [-0.2, -0.15) is 0 Å². The van der Waals surface area contributed by atoms with E-state index in [2.05, 4.69) is 10.3 Å². The van der Waals surface area contributed by atoms with E-state index in [4.69, 9.17) is 0 Å². The number of hydrogen-bond acceptors (Lipinski definition) is 5. The molecule has 0 fully saturated rings. The predicted molar refractivity (Wildman–Crippen MR) is 81.4 cm³/mol. The van der Waals surface area contributed by atoms with Crippen LogP contribution in [0.2, 0.25) is 0 Å². The first kappa shape index (κ1) is 14.9. The van der Waals surface area contributed by atoms with E-state index in [-0.39, 0.29) is 17.2 Å². The molecule has 0 aromatic carbocycles. The lowest BCUT2D eigenvalue weighted by Gasteiger charge is -2.02. The van der Waals surface area contributed by atoms with Crippen LogP contribution in [0.3, 0.4) is 0 Å². The molecule has 21 heavy (non-hydrogen) atoms. The summed E-state index contributed by atoms with van der Waals surface area (Å²) in [5, 5.41) is 3.12.